The number of phosphoric ester groups is 1. The predicted molar refractivity (Wildman–Crippen MR) is 57.7 cm³/mol. The fourth-order valence-corrected chi connectivity index (χ4v) is 2.25. The molecule has 0 saturated heterocycles. The second-order valence-electron chi connectivity index (χ2n) is 2.31. The second-order valence-corrected chi connectivity index (χ2v) is 4.88. The minimum absolute atomic E-state index is 0.0492. The molecular formula is C6H10Cl3F2O4P. The average molecular weight is 321 g/mol. The van der Waals surface area contributed by atoms with E-state index in [0.29, 0.717) is 0 Å². The molecule has 4 nitrogen and oxygen atoms in total. The van der Waals surface area contributed by atoms with Crippen molar-refractivity contribution in [1.29, 1.82) is 0 Å². The highest BCUT2D eigenvalue weighted by molar-refractivity contribution is 7.48. The Labute approximate surface area is 107 Å². The molecule has 0 fully saturated rings. The van der Waals surface area contributed by atoms with Gasteiger partial charge in [-0.3, -0.25) is 13.6 Å². The standard InChI is InChI=1S/C6H10Cl3F2O4P/c7-1-2-13-16(12,14-5(10)3-8)15-6(11)4-9/h5-6H,1-4H2. The third kappa shape index (κ3) is 7.22. The van der Waals surface area contributed by atoms with Crippen LogP contribution in [0.15, 0.2) is 0 Å². The molecule has 16 heavy (non-hydrogen) atoms. The Morgan fingerprint density at radius 1 is 1.06 bits per heavy atom. The summed E-state index contributed by atoms with van der Waals surface area (Å²) in [6.07, 6.45) is -4.21. The maximum Gasteiger partial charge on any atom is 0.480 e. The lowest BCUT2D eigenvalue weighted by Crippen LogP contribution is -2.15. The first-order valence-electron chi connectivity index (χ1n) is 4.05. The van der Waals surface area contributed by atoms with Gasteiger partial charge in [-0.15, -0.1) is 34.8 Å². The molecule has 0 aliphatic heterocycles. The van der Waals surface area contributed by atoms with Gasteiger partial charge in [-0.25, -0.2) is 13.3 Å². The van der Waals surface area contributed by atoms with Crippen molar-refractivity contribution < 1.29 is 26.9 Å². The van der Waals surface area contributed by atoms with E-state index < -0.39 is 32.3 Å². The number of alkyl halides is 5. The van der Waals surface area contributed by atoms with E-state index in [-0.39, 0.29) is 12.5 Å². The molecule has 0 aromatic carbocycles. The smallest absolute Gasteiger partial charge is 0.285 e. The van der Waals surface area contributed by atoms with Crippen LogP contribution in [0, 0.1) is 0 Å². The summed E-state index contributed by atoms with van der Waals surface area (Å²) in [5.41, 5.74) is 0. The average Bonchev–Trinajstić information content (AvgIpc) is 2.25. The lowest BCUT2D eigenvalue weighted by atomic mass is 10.8. The van der Waals surface area contributed by atoms with Crippen LogP contribution in [0.4, 0.5) is 8.78 Å². The zero-order valence-corrected chi connectivity index (χ0v) is 11.1. The maximum absolute atomic E-state index is 12.7. The van der Waals surface area contributed by atoms with Crippen molar-refractivity contribution in [3.8, 4) is 0 Å². The molecule has 0 N–H and O–H groups in total. The number of hydrogen-bond donors (Lipinski definition) is 0. The Kier molecular flexibility index (Phi) is 9.33. The van der Waals surface area contributed by atoms with Crippen LogP contribution in [0.2, 0.25) is 0 Å². The van der Waals surface area contributed by atoms with E-state index in [9.17, 15) is 13.3 Å². The quantitative estimate of drug-likeness (QED) is 0.482. The molecule has 0 amide bonds. The zero-order valence-electron chi connectivity index (χ0n) is 7.95. The topological polar surface area (TPSA) is 44.8 Å². The third-order valence-electron chi connectivity index (χ3n) is 1.06. The Hall–Kier alpha value is 0.840. The molecule has 98 valence electrons. The lowest BCUT2D eigenvalue weighted by Gasteiger charge is -2.19. The Morgan fingerprint density at radius 2 is 1.50 bits per heavy atom. The van der Waals surface area contributed by atoms with Crippen LogP contribution >= 0.6 is 42.6 Å². The summed E-state index contributed by atoms with van der Waals surface area (Å²) < 4.78 is 50.0. The summed E-state index contributed by atoms with van der Waals surface area (Å²) in [5.74, 6) is -1.25. The Bertz CT molecular complexity index is 220. The fraction of sp³-hybridized carbons (Fsp3) is 1.00. The van der Waals surface area contributed by atoms with Crippen LogP contribution in [-0.2, 0) is 18.1 Å². The first kappa shape index (κ1) is 16.8. The molecule has 0 aromatic heterocycles. The van der Waals surface area contributed by atoms with E-state index in [1.54, 1.807) is 0 Å². The largest absolute Gasteiger partial charge is 0.480 e. The van der Waals surface area contributed by atoms with E-state index in [0.717, 1.165) is 0 Å². The number of halogens is 5. The molecule has 0 heterocycles. The van der Waals surface area contributed by atoms with Gasteiger partial charge in [0.05, 0.1) is 18.4 Å². The second kappa shape index (κ2) is 8.86. The maximum atomic E-state index is 12.7. The third-order valence-corrected chi connectivity index (χ3v) is 3.17. The normalized spacial score (nSPS) is 19.1. The van der Waals surface area contributed by atoms with Gasteiger partial charge in [0.2, 0.25) is 12.7 Å². The van der Waals surface area contributed by atoms with Crippen LogP contribution in [0.25, 0.3) is 0 Å². The summed E-state index contributed by atoms with van der Waals surface area (Å²) in [7, 11) is -4.38. The summed E-state index contributed by atoms with van der Waals surface area (Å²) >= 11 is 15.4. The monoisotopic (exact) mass is 320 g/mol. The zero-order chi connectivity index (χ0) is 12.6. The molecule has 0 spiro atoms. The van der Waals surface area contributed by atoms with Crippen LogP contribution in [0.1, 0.15) is 0 Å². The van der Waals surface area contributed by atoms with Gasteiger partial charge in [0.25, 0.3) is 0 Å². The van der Waals surface area contributed by atoms with Crippen molar-refractivity contribution in [2.24, 2.45) is 0 Å². The molecule has 0 aliphatic rings. The summed E-state index contributed by atoms with van der Waals surface area (Å²) in [6, 6.07) is 0. The van der Waals surface area contributed by atoms with Gasteiger partial charge in [-0.05, 0) is 0 Å². The van der Waals surface area contributed by atoms with E-state index in [1.807, 2.05) is 0 Å². The fourth-order valence-electron chi connectivity index (χ4n) is 0.569. The molecule has 10 heteroatoms. The molecular weight excluding hydrogens is 311 g/mol. The molecule has 0 rings (SSSR count). The van der Waals surface area contributed by atoms with E-state index >= 15 is 0 Å². The molecule has 0 aromatic rings. The number of rotatable bonds is 9. The van der Waals surface area contributed by atoms with Crippen molar-refractivity contribution in [2.75, 3.05) is 24.2 Å². The van der Waals surface area contributed by atoms with Crippen molar-refractivity contribution in [1.82, 2.24) is 0 Å². The molecule has 0 radical (unpaired) electrons. The van der Waals surface area contributed by atoms with E-state index in [4.69, 9.17) is 34.8 Å². The molecule has 0 aliphatic carbocycles. The van der Waals surface area contributed by atoms with E-state index in [1.165, 1.54) is 0 Å². The van der Waals surface area contributed by atoms with Gasteiger partial charge in [0.1, 0.15) is 0 Å². The Balaban J connectivity index is 4.41. The van der Waals surface area contributed by atoms with Crippen molar-refractivity contribution in [3.05, 3.63) is 0 Å². The van der Waals surface area contributed by atoms with Crippen LogP contribution in [-0.4, -0.2) is 37.0 Å². The highest BCUT2D eigenvalue weighted by Crippen LogP contribution is 2.52. The summed E-state index contributed by atoms with van der Waals surface area (Å²) in [5, 5.41) is 0. The van der Waals surface area contributed by atoms with Gasteiger partial charge >= 0.3 is 7.82 Å². The van der Waals surface area contributed by atoms with Gasteiger partial charge in [-0.2, -0.15) is 0 Å². The Morgan fingerprint density at radius 3 is 1.81 bits per heavy atom. The minimum Gasteiger partial charge on any atom is -0.285 e. The predicted octanol–water partition coefficient (Wildman–Crippen LogP) is 3.45. The van der Waals surface area contributed by atoms with Gasteiger partial charge in [0, 0.05) is 5.88 Å². The molecule has 0 saturated carbocycles. The first-order chi connectivity index (χ1) is 7.47. The van der Waals surface area contributed by atoms with Gasteiger partial charge < -0.3 is 0 Å². The summed E-state index contributed by atoms with van der Waals surface area (Å²) in [6.45, 7) is -0.261. The number of phosphoric acid groups is 1. The van der Waals surface area contributed by atoms with Crippen LogP contribution in [0.3, 0.4) is 0 Å². The van der Waals surface area contributed by atoms with Crippen molar-refractivity contribution in [2.45, 2.75) is 12.7 Å². The van der Waals surface area contributed by atoms with E-state index in [2.05, 4.69) is 13.6 Å². The summed E-state index contributed by atoms with van der Waals surface area (Å²) in [4.78, 5) is 0. The van der Waals surface area contributed by atoms with Crippen molar-refractivity contribution >= 4 is 42.6 Å². The van der Waals surface area contributed by atoms with Gasteiger partial charge in [-0.1, -0.05) is 0 Å². The van der Waals surface area contributed by atoms with Crippen LogP contribution < -0.4 is 0 Å². The highest BCUT2D eigenvalue weighted by atomic mass is 35.5. The molecule has 2 atom stereocenters. The number of hydrogen-bond acceptors (Lipinski definition) is 4. The SMILES string of the molecule is O=P(OCCCl)(OC(F)CCl)OC(F)CCl. The minimum atomic E-state index is -4.38. The van der Waals surface area contributed by atoms with Crippen LogP contribution in [0.5, 0.6) is 0 Å². The first-order valence-corrected chi connectivity index (χ1v) is 7.11. The van der Waals surface area contributed by atoms with Gasteiger partial charge in [0.15, 0.2) is 0 Å². The van der Waals surface area contributed by atoms with Crippen molar-refractivity contribution in [3.63, 3.8) is 0 Å². The lowest BCUT2D eigenvalue weighted by molar-refractivity contribution is -0.0130. The molecule has 2 unspecified atom stereocenters. The highest BCUT2D eigenvalue weighted by Gasteiger charge is 2.34. The molecule has 0 bridgehead atoms.